The van der Waals surface area contributed by atoms with Crippen molar-refractivity contribution in [3.8, 4) is 0 Å². The third-order valence-electron chi connectivity index (χ3n) is 7.41. The first-order valence-electron chi connectivity index (χ1n) is 14.9. The monoisotopic (exact) mass is 648 g/mol. The molecular formula is C38H33ClN2O4S. The van der Waals surface area contributed by atoms with Crippen molar-refractivity contribution < 1.29 is 19.2 Å². The normalized spacial score (nSPS) is 12.8. The van der Waals surface area contributed by atoms with E-state index in [1.807, 2.05) is 97.9 Å². The number of anilines is 2. The van der Waals surface area contributed by atoms with E-state index in [4.69, 9.17) is 16.4 Å². The Hall–Kier alpha value is -4.72. The van der Waals surface area contributed by atoms with E-state index in [1.54, 1.807) is 23.9 Å². The van der Waals surface area contributed by atoms with Crippen molar-refractivity contribution in [3.05, 3.63) is 148 Å². The van der Waals surface area contributed by atoms with Crippen LogP contribution in [0.2, 0.25) is 5.02 Å². The average molecular weight is 649 g/mol. The molecule has 0 amide bonds. The summed E-state index contributed by atoms with van der Waals surface area (Å²) in [4.78, 5) is 46.2. The van der Waals surface area contributed by atoms with Gasteiger partial charge in [0.1, 0.15) is 5.71 Å². The van der Waals surface area contributed by atoms with Crippen molar-refractivity contribution in [2.24, 2.45) is 5.16 Å². The zero-order chi connectivity index (χ0) is 32.5. The number of thioether (sulfide) groups is 1. The molecule has 0 atom stereocenters. The Morgan fingerprint density at radius 1 is 0.870 bits per heavy atom. The Morgan fingerprint density at radius 3 is 2.13 bits per heavy atom. The Kier molecular flexibility index (Phi) is 11.0. The van der Waals surface area contributed by atoms with Crippen LogP contribution in [0.3, 0.4) is 0 Å². The zero-order valence-electron chi connectivity index (χ0n) is 25.6. The molecule has 46 heavy (non-hydrogen) atoms. The van der Waals surface area contributed by atoms with E-state index in [0.717, 1.165) is 40.4 Å². The number of nitrogens with zero attached hydrogens (tertiary/aromatic N) is 2. The first-order chi connectivity index (χ1) is 22.3. The molecule has 1 aliphatic carbocycles. The summed E-state index contributed by atoms with van der Waals surface area (Å²) in [6, 6.07) is 29.9. The highest BCUT2D eigenvalue weighted by Gasteiger charge is 2.20. The van der Waals surface area contributed by atoms with E-state index >= 15 is 0 Å². The molecule has 0 bridgehead atoms. The number of aryl methyl sites for hydroxylation is 1. The van der Waals surface area contributed by atoms with Crippen LogP contribution in [0.1, 0.15) is 58.0 Å². The molecule has 232 valence electrons. The highest BCUT2D eigenvalue weighted by molar-refractivity contribution is 7.99. The van der Waals surface area contributed by atoms with Crippen molar-refractivity contribution >= 4 is 58.0 Å². The second-order valence-corrected chi connectivity index (χ2v) is 12.3. The number of benzene rings is 4. The molecule has 8 heteroatoms. The van der Waals surface area contributed by atoms with Crippen LogP contribution in [0.4, 0.5) is 11.4 Å². The fraction of sp³-hybridized carbons (Fsp3) is 0.158. The smallest absolute Gasteiger partial charge is 0.318 e. The predicted octanol–water partition coefficient (Wildman–Crippen LogP) is 9.54. The summed E-state index contributed by atoms with van der Waals surface area (Å²) < 4.78 is 0. The number of carbonyl (C=O) groups excluding carboxylic acids is 3. The molecule has 0 unspecified atom stereocenters. The topological polar surface area (TPSA) is 76.0 Å². The molecular weight excluding hydrogens is 616 g/mol. The second-order valence-electron chi connectivity index (χ2n) is 10.7. The molecule has 5 rings (SSSR count). The number of allylic oxidation sites excluding steroid dienone is 4. The lowest BCUT2D eigenvalue weighted by Crippen LogP contribution is -2.19. The minimum atomic E-state index is -0.594. The maximum atomic E-state index is 13.5. The van der Waals surface area contributed by atoms with Gasteiger partial charge in [-0.1, -0.05) is 53.2 Å². The molecule has 6 nitrogen and oxygen atoms in total. The van der Waals surface area contributed by atoms with Crippen LogP contribution in [0.5, 0.6) is 0 Å². The first-order valence-corrected chi connectivity index (χ1v) is 16.3. The van der Waals surface area contributed by atoms with Crippen molar-refractivity contribution in [2.75, 3.05) is 10.7 Å². The number of oxime groups is 1. The largest absolute Gasteiger partial charge is 0.331 e. The molecule has 4 aromatic rings. The number of halogens is 1. The van der Waals surface area contributed by atoms with Crippen LogP contribution in [0.25, 0.3) is 0 Å². The number of hydrogen-bond acceptors (Lipinski definition) is 7. The number of hydrogen-bond donors (Lipinski definition) is 0. The first kappa shape index (κ1) is 32.7. The van der Waals surface area contributed by atoms with Crippen LogP contribution >= 0.6 is 23.4 Å². The van der Waals surface area contributed by atoms with Gasteiger partial charge in [-0.2, -0.15) is 0 Å². The van der Waals surface area contributed by atoms with Gasteiger partial charge in [0.15, 0.2) is 5.78 Å². The van der Waals surface area contributed by atoms with Crippen LogP contribution in [0, 0.1) is 6.92 Å². The second kappa shape index (κ2) is 15.5. The molecule has 1 aliphatic rings. The summed E-state index contributed by atoms with van der Waals surface area (Å²) in [5.74, 6) is -0.363. The molecule has 4 aromatic carbocycles. The van der Waals surface area contributed by atoms with Crippen molar-refractivity contribution in [1.29, 1.82) is 0 Å². The summed E-state index contributed by atoms with van der Waals surface area (Å²) in [5, 5.41) is 4.55. The van der Waals surface area contributed by atoms with E-state index < -0.39 is 5.97 Å². The van der Waals surface area contributed by atoms with Gasteiger partial charge in [0.2, 0.25) is 5.78 Å². The Labute approximate surface area is 278 Å². The highest BCUT2D eigenvalue weighted by Crippen LogP contribution is 2.34. The fourth-order valence-electron chi connectivity index (χ4n) is 5.05. The van der Waals surface area contributed by atoms with Gasteiger partial charge in [0, 0.05) is 62.8 Å². The van der Waals surface area contributed by atoms with Gasteiger partial charge in [-0.05, 0) is 104 Å². The molecule has 0 saturated carbocycles. The zero-order valence-corrected chi connectivity index (χ0v) is 27.2. The summed E-state index contributed by atoms with van der Waals surface area (Å²) in [6.07, 6.45) is 8.30. The van der Waals surface area contributed by atoms with Crippen molar-refractivity contribution in [2.45, 2.75) is 38.0 Å². The van der Waals surface area contributed by atoms with Crippen molar-refractivity contribution in [3.63, 3.8) is 0 Å². The van der Waals surface area contributed by atoms with E-state index in [-0.39, 0.29) is 17.3 Å². The van der Waals surface area contributed by atoms with Crippen LogP contribution in [-0.4, -0.2) is 29.0 Å². The molecule has 0 aromatic heterocycles. The molecule has 0 heterocycles. The van der Waals surface area contributed by atoms with Crippen LogP contribution in [0.15, 0.2) is 131 Å². The average Bonchev–Trinajstić information content (AvgIpc) is 3.08. The third-order valence-corrected chi connectivity index (χ3v) is 8.68. The molecule has 0 N–H and O–H groups in total. The standard InChI is InChI=1S/C38H33ClN2O4S/c1-26-8-6-7-11-35(26)37(43)28-12-18-32(19-13-28)41(31-9-4-3-5-10-31)33-20-14-29(15-21-33)38(44)36(40-45-27(2)42)24-25-46-34-22-16-30(39)17-23-34/h3-4,6-9,11-23H,5,10,24-25H2,1-2H3/b40-36+. The number of ketones is 2. The Balaban J connectivity index is 1.37. The van der Waals surface area contributed by atoms with Gasteiger partial charge in [-0.3, -0.25) is 9.59 Å². The molecule has 0 radical (unpaired) electrons. The van der Waals surface area contributed by atoms with Gasteiger partial charge in [0.25, 0.3) is 0 Å². The van der Waals surface area contributed by atoms with E-state index in [9.17, 15) is 14.4 Å². The lowest BCUT2D eigenvalue weighted by molar-refractivity contribution is -0.140. The number of Topliss-reactive ketones (excluding diaryl/α,β-unsaturated/α-hetero) is 1. The SMILES string of the molecule is CC(=O)O/N=C(\CCSc1ccc(Cl)cc1)C(=O)c1ccc(N(C2=CC=CCC2)c2ccc(C(=O)c3ccccc3C)cc2)cc1. The Bertz CT molecular complexity index is 1810. The lowest BCUT2D eigenvalue weighted by atomic mass is 9.98. The minimum Gasteiger partial charge on any atom is -0.318 e. The Morgan fingerprint density at radius 2 is 1.52 bits per heavy atom. The summed E-state index contributed by atoms with van der Waals surface area (Å²) in [5.41, 5.74) is 5.70. The lowest BCUT2D eigenvalue weighted by Gasteiger charge is -2.29. The maximum absolute atomic E-state index is 13.5. The number of rotatable bonds is 12. The van der Waals surface area contributed by atoms with Gasteiger partial charge in [-0.25, -0.2) is 4.79 Å². The summed E-state index contributed by atoms with van der Waals surface area (Å²) in [6.45, 7) is 3.18. The van der Waals surface area contributed by atoms with Gasteiger partial charge >= 0.3 is 5.97 Å². The molecule has 0 saturated heterocycles. The minimum absolute atomic E-state index is 0.0170. The highest BCUT2D eigenvalue weighted by atomic mass is 35.5. The van der Waals surface area contributed by atoms with E-state index in [0.29, 0.717) is 33.9 Å². The molecule has 0 aliphatic heterocycles. The van der Waals surface area contributed by atoms with Gasteiger partial charge in [0.05, 0.1) is 0 Å². The van der Waals surface area contributed by atoms with Crippen molar-refractivity contribution in [1.82, 2.24) is 0 Å². The summed E-state index contributed by atoms with van der Waals surface area (Å²) >= 11 is 7.54. The van der Waals surface area contributed by atoms with Gasteiger partial charge < -0.3 is 9.74 Å². The predicted molar refractivity (Wildman–Crippen MR) is 186 cm³/mol. The summed E-state index contributed by atoms with van der Waals surface area (Å²) in [7, 11) is 0. The molecule has 0 fully saturated rings. The van der Waals surface area contributed by atoms with E-state index in [1.165, 1.54) is 6.92 Å². The number of carbonyl (C=O) groups is 3. The third kappa shape index (κ3) is 8.30. The van der Waals surface area contributed by atoms with Gasteiger partial charge in [-0.15, -0.1) is 11.8 Å². The fourth-order valence-corrected chi connectivity index (χ4v) is 6.03. The molecule has 0 spiro atoms. The van der Waals surface area contributed by atoms with Crippen LogP contribution in [-0.2, 0) is 9.63 Å². The van der Waals surface area contributed by atoms with E-state index in [2.05, 4.69) is 22.2 Å². The maximum Gasteiger partial charge on any atom is 0.331 e. The quantitative estimate of drug-likeness (QED) is 0.0501. The van der Waals surface area contributed by atoms with Crippen LogP contribution < -0.4 is 4.90 Å².